The van der Waals surface area contributed by atoms with Crippen LogP contribution in [0.2, 0.25) is 0 Å². The summed E-state index contributed by atoms with van der Waals surface area (Å²) in [6, 6.07) is 0. The van der Waals surface area contributed by atoms with Gasteiger partial charge in [0, 0.05) is 12.8 Å². The van der Waals surface area contributed by atoms with Gasteiger partial charge in [-0.2, -0.15) is 0 Å². The Morgan fingerprint density at radius 1 is 0.703 bits per heavy atom. The average Bonchev–Trinajstić information content (AvgIpc) is 2.87. The quantitative estimate of drug-likeness (QED) is 0.0642. The van der Waals surface area contributed by atoms with Crippen LogP contribution < -0.4 is 5.32 Å². The van der Waals surface area contributed by atoms with E-state index in [9.17, 15) is 14.4 Å². The molecule has 0 saturated heterocycles. The predicted octanol–water partition coefficient (Wildman–Crippen LogP) is 8.28. The zero-order chi connectivity index (χ0) is 27.4. The molecular formula is C31H57NO5. The molecule has 216 valence electrons. The van der Waals surface area contributed by atoms with E-state index in [1.165, 1.54) is 77.0 Å². The van der Waals surface area contributed by atoms with Gasteiger partial charge in [0.1, 0.15) is 12.6 Å². The Kier molecular flexibility index (Phi) is 25.8. The number of rotatable bonds is 27. The Bertz CT molecular complexity index is 590. The van der Waals surface area contributed by atoms with Crippen molar-refractivity contribution in [2.45, 2.75) is 161 Å². The molecule has 1 amide bonds. The maximum Gasteiger partial charge on any atom is 0.322 e. The number of amides is 1. The van der Waals surface area contributed by atoms with Crippen LogP contribution >= 0.6 is 0 Å². The molecule has 6 nitrogen and oxygen atoms in total. The minimum absolute atomic E-state index is 0.0877. The van der Waals surface area contributed by atoms with Crippen molar-refractivity contribution in [3.8, 4) is 0 Å². The summed E-state index contributed by atoms with van der Waals surface area (Å²) in [6.07, 6.45) is 27.7. The van der Waals surface area contributed by atoms with Gasteiger partial charge >= 0.3 is 11.9 Å². The van der Waals surface area contributed by atoms with E-state index in [4.69, 9.17) is 9.84 Å². The normalized spacial score (nSPS) is 12.1. The van der Waals surface area contributed by atoms with Gasteiger partial charge in [0.05, 0.1) is 0 Å². The molecule has 0 radical (unpaired) electrons. The van der Waals surface area contributed by atoms with Gasteiger partial charge < -0.3 is 15.2 Å². The third-order valence-corrected chi connectivity index (χ3v) is 6.67. The van der Waals surface area contributed by atoms with Crippen LogP contribution in [0.4, 0.5) is 0 Å². The third-order valence-electron chi connectivity index (χ3n) is 6.67. The van der Waals surface area contributed by atoms with Gasteiger partial charge in [-0.25, -0.2) is 0 Å². The van der Waals surface area contributed by atoms with E-state index in [2.05, 4.69) is 31.3 Å². The highest BCUT2D eigenvalue weighted by molar-refractivity contribution is 5.80. The average molecular weight is 524 g/mol. The molecule has 0 saturated carbocycles. The van der Waals surface area contributed by atoms with Gasteiger partial charge in [-0.15, -0.1) is 0 Å². The molecule has 0 aliphatic rings. The van der Waals surface area contributed by atoms with E-state index in [0.717, 1.165) is 51.4 Å². The van der Waals surface area contributed by atoms with E-state index in [-0.39, 0.29) is 24.5 Å². The highest BCUT2D eigenvalue weighted by Crippen LogP contribution is 2.15. The molecular weight excluding hydrogens is 466 g/mol. The van der Waals surface area contributed by atoms with Gasteiger partial charge in [-0.05, 0) is 44.6 Å². The van der Waals surface area contributed by atoms with Crippen molar-refractivity contribution >= 4 is 17.8 Å². The summed E-state index contributed by atoms with van der Waals surface area (Å²) >= 11 is 0. The van der Waals surface area contributed by atoms with Crippen molar-refractivity contribution in [3.05, 3.63) is 12.2 Å². The molecule has 6 heteroatoms. The molecule has 2 N–H and O–H groups in total. The zero-order valence-corrected chi connectivity index (χ0v) is 24.1. The first-order chi connectivity index (χ1) is 18.0. The zero-order valence-electron chi connectivity index (χ0n) is 24.1. The highest BCUT2D eigenvalue weighted by Gasteiger charge is 2.12. The van der Waals surface area contributed by atoms with Gasteiger partial charge in [-0.3, -0.25) is 14.4 Å². The number of aliphatic carboxylic acids is 1. The minimum atomic E-state index is -1.03. The number of carbonyl (C=O) groups is 3. The summed E-state index contributed by atoms with van der Waals surface area (Å²) < 4.78 is 5.81. The number of carboxylic acids is 1. The summed E-state index contributed by atoms with van der Waals surface area (Å²) in [4.78, 5) is 34.5. The largest absolute Gasteiger partial charge is 0.480 e. The third kappa shape index (κ3) is 27.0. The van der Waals surface area contributed by atoms with Crippen molar-refractivity contribution in [1.82, 2.24) is 5.32 Å². The highest BCUT2D eigenvalue weighted by atomic mass is 16.5. The second-order valence-electron chi connectivity index (χ2n) is 10.4. The van der Waals surface area contributed by atoms with Crippen LogP contribution in [0.25, 0.3) is 0 Å². The molecule has 1 unspecified atom stereocenters. The van der Waals surface area contributed by atoms with E-state index in [1.54, 1.807) is 0 Å². The van der Waals surface area contributed by atoms with Crippen LogP contribution in [-0.4, -0.2) is 35.6 Å². The molecule has 0 aliphatic heterocycles. The molecule has 0 heterocycles. The molecule has 0 bridgehead atoms. The monoisotopic (exact) mass is 523 g/mol. The molecule has 37 heavy (non-hydrogen) atoms. The fraction of sp³-hybridized carbons (Fsp3) is 0.839. The number of carboxylic acid groups (broad SMARTS) is 1. The lowest BCUT2D eigenvalue weighted by Gasteiger charge is -2.15. The first kappa shape index (κ1) is 35.2. The lowest BCUT2D eigenvalue weighted by Crippen LogP contribution is -2.28. The number of carbonyl (C=O) groups excluding carboxylic acids is 2. The van der Waals surface area contributed by atoms with Gasteiger partial charge in [0.15, 0.2) is 0 Å². The number of unbranched alkanes of at least 4 members (excludes halogenated alkanes) is 16. The Labute approximate surface area is 227 Å². The van der Waals surface area contributed by atoms with Crippen LogP contribution in [0.15, 0.2) is 12.2 Å². The maximum atomic E-state index is 12.4. The Morgan fingerprint density at radius 2 is 1.22 bits per heavy atom. The van der Waals surface area contributed by atoms with Crippen LogP contribution in [0.1, 0.15) is 155 Å². The number of hydrogen-bond acceptors (Lipinski definition) is 4. The topological polar surface area (TPSA) is 92.7 Å². The van der Waals surface area contributed by atoms with Crippen LogP contribution in [0, 0.1) is 0 Å². The van der Waals surface area contributed by atoms with E-state index in [0.29, 0.717) is 12.8 Å². The van der Waals surface area contributed by atoms with Crippen LogP contribution in [-0.2, 0) is 19.1 Å². The van der Waals surface area contributed by atoms with E-state index < -0.39 is 5.97 Å². The Balaban J connectivity index is 4.14. The lowest BCUT2D eigenvalue weighted by molar-refractivity contribution is -0.147. The molecule has 0 aliphatic carbocycles. The molecule has 0 spiro atoms. The van der Waals surface area contributed by atoms with Gasteiger partial charge in [0.2, 0.25) is 5.91 Å². The number of esters is 1. The smallest absolute Gasteiger partial charge is 0.322 e. The summed E-state index contributed by atoms with van der Waals surface area (Å²) in [6.45, 7) is 4.14. The van der Waals surface area contributed by atoms with Crippen LogP contribution in [0.5, 0.6) is 0 Å². The SMILES string of the molecule is CCCCCC/C=C\C(CCCCCCC(=O)NCC(=O)O)OC(=O)CCCCCCCCCCCC. The van der Waals surface area contributed by atoms with E-state index in [1.807, 2.05) is 0 Å². The maximum absolute atomic E-state index is 12.4. The van der Waals surface area contributed by atoms with E-state index >= 15 is 0 Å². The van der Waals surface area contributed by atoms with Gasteiger partial charge in [-0.1, -0.05) is 110 Å². The number of hydrogen-bond donors (Lipinski definition) is 2. The second kappa shape index (κ2) is 27.2. The molecule has 0 aromatic heterocycles. The number of allylic oxidation sites excluding steroid dienone is 1. The number of ether oxygens (including phenoxy) is 1. The van der Waals surface area contributed by atoms with Crippen LogP contribution in [0.3, 0.4) is 0 Å². The van der Waals surface area contributed by atoms with Crippen molar-refractivity contribution in [3.63, 3.8) is 0 Å². The van der Waals surface area contributed by atoms with Gasteiger partial charge in [0.25, 0.3) is 0 Å². The fourth-order valence-electron chi connectivity index (χ4n) is 4.36. The second-order valence-corrected chi connectivity index (χ2v) is 10.4. The lowest BCUT2D eigenvalue weighted by atomic mass is 10.1. The molecule has 1 atom stereocenters. The predicted molar refractivity (Wildman–Crippen MR) is 153 cm³/mol. The molecule has 0 fully saturated rings. The fourth-order valence-corrected chi connectivity index (χ4v) is 4.36. The summed E-state index contributed by atoms with van der Waals surface area (Å²) in [5.41, 5.74) is 0. The number of nitrogens with one attached hydrogen (secondary N) is 1. The summed E-state index contributed by atoms with van der Waals surface area (Å²) in [7, 11) is 0. The van der Waals surface area contributed by atoms with Crippen molar-refractivity contribution in [2.24, 2.45) is 0 Å². The minimum Gasteiger partial charge on any atom is -0.480 e. The Hall–Kier alpha value is -1.85. The molecule has 0 rings (SSSR count). The first-order valence-electron chi connectivity index (χ1n) is 15.3. The summed E-state index contributed by atoms with van der Waals surface area (Å²) in [5, 5.41) is 11.0. The summed E-state index contributed by atoms with van der Waals surface area (Å²) in [5.74, 6) is -1.33. The Morgan fingerprint density at radius 3 is 1.81 bits per heavy atom. The first-order valence-corrected chi connectivity index (χ1v) is 15.3. The standard InChI is InChI=1S/C31H57NO5/c1-3-5-7-9-11-12-13-14-16-22-26-31(36)37-28(23-19-15-10-8-6-4-2)24-20-17-18-21-25-29(33)32-27-30(34)35/h19,23,28H,3-18,20-22,24-27H2,1-2H3,(H,32,33)(H,34,35)/b23-19-. The van der Waals surface area contributed by atoms with Crippen molar-refractivity contribution < 1.29 is 24.2 Å². The molecule has 0 aromatic rings. The van der Waals surface area contributed by atoms with Crippen molar-refractivity contribution in [2.75, 3.05) is 6.54 Å². The van der Waals surface area contributed by atoms with Crippen molar-refractivity contribution in [1.29, 1.82) is 0 Å². The molecule has 0 aromatic carbocycles.